The molecule has 0 spiro atoms. The minimum Gasteiger partial charge on any atom is -0.488 e. The molecule has 0 atom stereocenters. The average molecular weight is 468 g/mol. The van der Waals surface area contributed by atoms with Crippen LogP contribution in [0.3, 0.4) is 0 Å². The molecule has 182 valence electrons. The second-order valence-corrected chi connectivity index (χ2v) is 10.5. The van der Waals surface area contributed by atoms with Gasteiger partial charge < -0.3 is 9.64 Å². The molecule has 0 saturated carbocycles. The highest BCUT2D eigenvalue weighted by Crippen LogP contribution is 2.36. The highest BCUT2D eigenvalue weighted by atomic mass is 16.5. The first-order valence-corrected chi connectivity index (χ1v) is 12.7. The summed E-state index contributed by atoms with van der Waals surface area (Å²) >= 11 is 0. The topological polar surface area (TPSA) is 29.5 Å². The van der Waals surface area contributed by atoms with Crippen molar-refractivity contribution in [2.45, 2.75) is 52.1 Å². The van der Waals surface area contributed by atoms with Crippen LogP contribution in [-0.4, -0.2) is 30.8 Å². The van der Waals surface area contributed by atoms with Crippen LogP contribution in [0, 0.1) is 0 Å². The van der Waals surface area contributed by atoms with Gasteiger partial charge in [0.2, 0.25) is 0 Å². The highest BCUT2D eigenvalue weighted by Gasteiger charge is 2.18. The van der Waals surface area contributed by atoms with E-state index in [0.717, 1.165) is 42.8 Å². The van der Waals surface area contributed by atoms with Crippen LogP contribution in [0.4, 0.5) is 0 Å². The van der Waals surface area contributed by atoms with E-state index >= 15 is 0 Å². The summed E-state index contributed by atoms with van der Waals surface area (Å²) in [7, 11) is 2.14. The van der Waals surface area contributed by atoms with E-state index in [1.165, 1.54) is 22.3 Å². The molecule has 0 bridgehead atoms. The minimum absolute atomic E-state index is 0.105. The monoisotopic (exact) mass is 467 g/mol. The first-order chi connectivity index (χ1) is 16.8. The van der Waals surface area contributed by atoms with E-state index in [2.05, 4.69) is 93.4 Å². The number of para-hydroxylation sites is 1. The van der Waals surface area contributed by atoms with Crippen molar-refractivity contribution in [3.05, 3.63) is 107 Å². The van der Waals surface area contributed by atoms with E-state index in [1.54, 1.807) is 0 Å². The van der Waals surface area contributed by atoms with Crippen molar-refractivity contribution in [2.24, 2.45) is 0 Å². The van der Waals surface area contributed by atoms with E-state index < -0.39 is 0 Å². The van der Waals surface area contributed by atoms with E-state index in [4.69, 9.17) is 4.74 Å². The van der Waals surface area contributed by atoms with Gasteiger partial charge in [-0.1, -0.05) is 93.6 Å². The van der Waals surface area contributed by atoms with Crippen LogP contribution < -0.4 is 4.74 Å². The van der Waals surface area contributed by atoms with E-state index in [9.17, 15) is 4.79 Å². The number of carbonyl (C=O) groups excluding carboxylic acids is 1. The normalized spacial score (nSPS) is 14.3. The molecule has 0 aromatic heterocycles. The predicted octanol–water partition coefficient (Wildman–Crippen LogP) is 7.29. The van der Waals surface area contributed by atoms with Crippen LogP contribution in [-0.2, 0) is 12.0 Å². The van der Waals surface area contributed by atoms with Crippen molar-refractivity contribution in [2.75, 3.05) is 20.1 Å². The molecule has 3 aromatic rings. The molecule has 0 aliphatic carbocycles. The summed E-state index contributed by atoms with van der Waals surface area (Å²) < 4.78 is 6.08. The Balaban J connectivity index is 1.32. The molecule has 3 aromatic carbocycles. The van der Waals surface area contributed by atoms with Crippen LogP contribution in [0.1, 0.15) is 72.6 Å². The summed E-state index contributed by atoms with van der Waals surface area (Å²) in [5, 5.41) is 0. The number of hydrogen-bond donors (Lipinski definition) is 0. The van der Waals surface area contributed by atoms with Crippen LogP contribution in [0.25, 0.3) is 5.57 Å². The van der Waals surface area contributed by atoms with Gasteiger partial charge in [-0.15, -0.1) is 0 Å². The third-order valence-corrected chi connectivity index (χ3v) is 6.74. The quantitative estimate of drug-likeness (QED) is 0.326. The average Bonchev–Trinajstić information content (AvgIpc) is 3.01. The highest BCUT2D eigenvalue weighted by molar-refractivity contribution is 5.96. The van der Waals surface area contributed by atoms with E-state index in [1.807, 2.05) is 18.2 Å². The molecule has 3 heteroatoms. The zero-order chi connectivity index (χ0) is 24.8. The summed E-state index contributed by atoms with van der Waals surface area (Å²) in [5.74, 6) is 1.17. The van der Waals surface area contributed by atoms with E-state index in [-0.39, 0.29) is 11.2 Å². The van der Waals surface area contributed by atoms with Crippen LogP contribution in [0.5, 0.6) is 5.75 Å². The standard InChI is InChI=1S/C32H37NO2/c1-32(2,3)26-19-17-24(18-20-26)30(34)15-10-22-33(4)21-9-14-28-27-12-6-5-11-25(27)23-35-31-16-8-7-13-29(28)31/h5-8,11-14,16-20H,9-10,15,21-23H2,1-4H3/b28-14+. The summed E-state index contributed by atoms with van der Waals surface area (Å²) in [6.45, 7) is 9.02. The molecule has 0 radical (unpaired) electrons. The molecule has 0 N–H and O–H groups in total. The SMILES string of the molecule is CN(CC/C=C1\c2ccccc2COc2ccccc21)CCCC(=O)c1ccc(C(C)(C)C)cc1. The van der Waals surface area contributed by atoms with Gasteiger partial charge in [0, 0.05) is 24.1 Å². The predicted molar refractivity (Wildman–Crippen MR) is 145 cm³/mol. The van der Waals surface area contributed by atoms with Crippen LogP contribution in [0.2, 0.25) is 0 Å². The lowest BCUT2D eigenvalue weighted by Gasteiger charge is -2.19. The summed E-state index contributed by atoms with van der Waals surface area (Å²) in [6.07, 6.45) is 4.73. The Labute approximate surface area is 210 Å². The number of nitrogens with zero attached hydrogens (tertiary/aromatic N) is 1. The van der Waals surface area contributed by atoms with Gasteiger partial charge in [-0.05, 0) is 60.2 Å². The number of fused-ring (bicyclic) bond motifs is 2. The lowest BCUT2D eigenvalue weighted by atomic mass is 9.86. The Kier molecular flexibility index (Phi) is 7.87. The largest absolute Gasteiger partial charge is 0.488 e. The number of Topliss-reactive ketones (excluding diaryl/α,β-unsaturated/α-hetero) is 1. The van der Waals surface area contributed by atoms with E-state index in [0.29, 0.717) is 13.0 Å². The van der Waals surface area contributed by atoms with Crippen LogP contribution in [0.15, 0.2) is 78.9 Å². The molecule has 4 rings (SSSR count). The fourth-order valence-corrected chi connectivity index (χ4v) is 4.60. The number of hydrogen-bond acceptors (Lipinski definition) is 3. The Hall–Kier alpha value is -3.17. The van der Waals surface area contributed by atoms with Crippen molar-refractivity contribution in [3.8, 4) is 5.75 Å². The van der Waals surface area contributed by atoms with Crippen LogP contribution >= 0.6 is 0 Å². The minimum atomic E-state index is 0.105. The number of benzene rings is 3. The third kappa shape index (κ3) is 6.29. The fraction of sp³-hybridized carbons (Fsp3) is 0.344. The fourth-order valence-electron chi connectivity index (χ4n) is 4.60. The second kappa shape index (κ2) is 11.0. The van der Waals surface area contributed by atoms with Gasteiger partial charge in [0.15, 0.2) is 5.78 Å². The van der Waals surface area contributed by atoms with Gasteiger partial charge in [0.25, 0.3) is 0 Å². The van der Waals surface area contributed by atoms with Crippen molar-refractivity contribution in [1.82, 2.24) is 4.90 Å². The molecule has 1 heterocycles. The third-order valence-electron chi connectivity index (χ3n) is 6.74. The molecule has 0 fully saturated rings. The zero-order valence-electron chi connectivity index (χ0n) is 21.5. The smallest absolute Gasteiger partial charge is 0.162 e. The van der Waals surface area contributed by atoms with Crippen molar-refractivity contribution < 1.29 is 9.53 Å². The van der Waals surface area contributed by atoms with Gasteiger partial charge in [0.05, 0.1) is 0 Å². The Morgan fingerprint density at radius 1 is 0.914 bits per heavy atom. The van der Waals surface area contributed by atoms with Gasteiger partial charge in [-0.25, -0.2) is 0 Å². The van der Waals surface area contributed by atoms with Crippen molar-refractivity contribution in [3.63, 3.8) is 0 Å². The Bertz CT molecular complexity index is 1140. The lowest BCUT2D eigenvalue weighted by molar-refractivity contribution is 0.0976. The number of ketones is 1. The maximum absolute atomic E-state index is 12.6. The molecular formula is C32H37NO2. The molecular weight excluding hydrogens is 430 g/mol. The number of ether oxygens (including phenoxy) is 1. The van der Waals surface area contributed by atoms with Crippen molar-refractivity contribution >= 4 is 11.4 Å². The van der Waals surface area contributed by atoms with Crippen molar-refractivity contribution in [1.29, 1.82) is 0 Å². The molecule has 1 aliphatic rings. The van der Waals surface area contributed by atoms with Gasteiger partial charge >= 0.3 is 0 Å². The summed E-state index contributed by atoms with van der Waals surface area (Å²) in [4.78, 5) is 15.0. The number of rotatable bonds is 8. The Morgan fingerprint density at radius 2 is 1.60 bits per heavy atom. The first-order valence-electron chi connectivity index (χ1n) is 12.7. The van der Waals surface area contributed by atoms with Gasteiger partial charge in [0.1, 0.15) is 12.4 Å². The molecule has 1 aliphatic heterocycles. The maximum atomic E-state index is 12.6. The van der Waals surface area contributed by atoms with Gasteiger partial charge in [-0.2, -0.15) is 0 Å². The lowest BCUT2D eigenvalue weighted by Crippen LogP contribution is -2.21. The maximum Gasteiger partial charge on any atom is 0.162 e. The summed E-state index contributed by atoms with van der Waals surface area (Å²) in [5.41, 5.74) is 7.06. The molecule has 35 heavy (non-hydrogen) atoms. The molecule has 0 saturated heterocycles. The first kappa shape index (κ1) is 24.9. The molecule has 0 amide bonds. The number of carbonyl (C=O) groups is 1. The van der Waals surface area contributed by atoms with Gasteiger partial charge in [-0.3, -0.25) is 4.79 Å². The molecule has 0 unspecified atom stereocenters. The summed E-state index contributed by atoms with van der Waals surface area (Å²) in [6, 6.07) is 24.9. The molecule has 3 nitrogen and oxygen atoms in total. The zero-order valence-corrected chi connectivity index (χ0v) is 21.5. The second-order valence-electron chi connectivity index (χ2n) is 10.5. The Morgan fingerprint density at radius 3 is 2.34 bits per heavy atom.